The molecule has 1 aromatic heterocycles. The predicted molar refractivity (Wildman–Crippen MR) is 76.3 cm³/mol. The van der Waals surface area contributed by atoms with E-state index in [4.69, 9.17) is 4.74 Å². The maximum atomic E-state index is 6.07. The lowest BCUT2D eigenvalue weighted by atomic mass is 10.1. The number of pyridine rings is 1. The van der Waals surface area contributed by atoms with Crippen LogP contribution in [0.5, 0.6) is 5.75 Å². The summed E-state index contributed by atoms with van der Waals surface area (Å²) in [6.45, 7) is 3.79. The molecule has 3 nitrogen and oxygen atoms in total. The Morgan fingerprint density at radius 3 is 2.79 bits per heavy atom. The highest BCUT2D eigenvalue weighted by Crippen LogP contribution is 2.27. The van der Waals surface area contributed by atoms with E-state index in [0.29, 0.717) is 0 Å². The number of aryl methyl sites for hydroxylation is 1. The molecule has 3 heteroatoms. The van der Waals surface area contributed by atoms with E-state index in [2.05, 4.69) is 16.4 Å². The van der Waals surface area contributed by atoms with Gasteiger partial charge in [-0.15, -0.1) is 0 Å². The van der Waals surface area contributed by atoms with Gasteiger partial charge in [-0.2, -0.15) is 0 Å². The lowest BCUT2D eigenvalue weighted by molar-refractivity contribution is 0.249. The number of nitrogens with zero attached hydrogens (tertiary/aromatic N) is 1. The number of rotatable bonds is 6. The van der Waals surface area contributed by atoms with Crippen molar-refractivity contribution in [2.24, 2.45) is 5.92 Å². The molecule has 19 heavy (non-hydrogen) atoms. The molecule has 0 unspecified atom stereocenters. The first kappa shape index (κ1) is 12.9. The van der Waals surface area contributed by atoms with Gasteiger partial charge in [0.2, 0.25) is 0 Å². The third kappa shape index (κ3) is 3.69. The van der Waals surface area contributed by atoms with Crippen LogP contribution in [0.25, 0.3) is 0 Å². The normalized spacial score (nSPS) is 19.8. The van der Waals surface area contributed by atoms with E-state index in [1.54, 1.807) is 0 Å². The molecule has 0 radical (unpaired) electrons. The van der Waals surface area contributed by atoms with Crippen molar-refractivity contribution in [1.82, 2.24) is 10.3 Å². The summed E-state index contributed by atoms with van der Waals surface area (Å²) in [5.74, 6) is 1.80. The van der Waals surface area contributed by atoms with Crippen LogP contribution in [0.15, 0.2) is 12.3 Å². The Morgan fingerprint density at radius 1 is 1.26 bits per heavy atom. The van der Waals surface area contributed by atoms with Crippen LogP contribution in [0.3, 0.4) is 0 Å². The summed E-state index contributed by atoms with van der Waals surface area (Å²) in [7, 11) is 0. The van der Waals surface area contributed by atoms with Crippen LogP contribution in [-0.4, -0.2) is 17.6 Å². The molecule has 0 atom stereocenters. The van der Waals surface area contributed by atoms with Crippen molar-refractivity contribution in [3.8, 4) is 5.75 Å². The minimum Gasteiger partial charge on any atom is -0.493 e. The van der Waals surface area contributed by atoms with Gasteiger partial charge in [-0.3, -0.25) is 4.98 Å². The number of hydrogen-bond donors (Lipinski definition) is 1. The van der Waals surface area contributed by atoms with Crippen molar-refractivity contribution >= 4 is 0 Å². The third-order valence-electron chi connectivity index (χ3n) is 4.19. The molecule has 1 heterocycles. The van der Waals surface area contributed by atoms with Crippen LogP contribution in [0.4, 0.5) is 0 Å². The maximum absolute atomic E-state index is 6.07. The second kappa shape index (κ2) is 5.91. The van der Waals surface area contributed by atoms with Gasteiger partial charge in [0.25, 0.3) is 0 Å². The number of hydrogen-bond acceptors (Lipinski definition) is 3. The van der Waals surface area contributed by atoms with Gasteiger partial charge >= 0.3 is 0 Å². The summed E-state index contributed by atoms with van der Waals surface area (Å²) in [5.41, 5.74) is 2.24. The summed E-state index contributed by atoms with van der Waals surface area (Å²) in [6.07, 6.45) is 10.0. The zero-order valence-corrected chi connectivity index (χ0v) is 11.8. The Bertz CT molecular complexity index is 423. The molecule has 2 aliphatic rings. The molecule has 2 aliphatic carbocycles. The molecule has 3 rings (SSSR count). The van der Waals surface area contributed by atoms with Crippen LogP contribution in [-0.2, 0) is 6.54 Å². The van der Waals surface area contributed by atoms with Gasteiger partial charge in [0.15, 0.2) is 0 Å². The summed E-state index contributed by atoms with van der Waals surface area (Å²) < 4.78 is 6.07. The lowest BCUT2D eigenvalue weighted by Crippen LogP contribution is -2.17. The Morgan fingerprint density at radius 2 is 2.05 bits per heavy atom. The van der Waals surface area contributed by atoms with Crippen molar-refractivity contribution in [3.63, 3.8) is 0 Å². The molecule has 1 N–H and O–H groups in total. The highest BCUT2D eigenvalue weighted by Gasteiger charge is 2.21. The standard InChI is InChI=1S/C16H24N2O/c1-12-8-16(19-11-13-4-2-3-5-13)14(9-17-12)10-18-15-6-7-15/h8-9,13,15,18H,2-7,10-11H2,1H3. The van der Waals surface area contributed by atoms with Crippen LogP contribution < -0.4 is 10.1 Å². The smallest absolute Gasteiger partial charge is 0.127 e. The molecular weight excluding hydrogens is 236 g/mol. The fraction of sp³-hybridized carbons (Fsp3) is 0.688. The van der Waals surface area contributed by atoms with Crippen molar-refractivity contribution in [2.45, 2.75) is 58.0 Å². The van der Waals surface area contributed by atoms with Gasteiger partial charge in [0.1, 0.15) is 5.75 Å². The summed E-state index contributed by atoms with van der Waals surface area (Å²) >= 11 is 0. The largest absolute Gasteiger partial charge is 0.493 e. The lowest BCUT2D eigenvalue weighted by Gasteiger charge is -2.15. The maximum Gasteiger partial charge on any atom is 0.127 e. The van der Waals surface area contributed by atoms with E-state index in [0.717, 1.165) is 36.6 Å². The zero-order valence-electron chi connectivity index (χ0n) is 11.8. The van der Waals surface area contributed by atoms with Crippen LogP contribution in [0.1, 0.15) is 49.8 Å². The highest BCUT2D eigenvalue weighted by molar-refractivity contribution is 5.33. The Balaban J connectivity index is 1.60. The van der Waals surface area contributed by atoms with E-state index in [1.807, 2.05) is 13.1 Å². The SMILES string of the molecule is Cc1cc(OCC2CCCC2)c(CNC2CC2)cn1. The second-order valence-electron chi connectivity index (χ2n) is 6.05. The number of ether oxygens (including phenoxy) is 1. The van der Waals surface area contributed by atoms with Crippen LogP contribution >= 0.6 is 0 Å². The molecule has 0 spiro atoms. The van der Waals surface area contributed by atoms with E-state index in [9.17, 15) is 0 Å². The molecular formula is C16H24N2O. The first-order valence-electron chi connectivity index (χ1n) is 7.63. The van der Waals surface area contributed by atoms with Gasteiger partial charge in [0, 0.05) is 36.1 Å². The van der Waals surface area contributed by atoms with Crippen LogP contribution in [0.2, 0.25) is 0 Å². The molecule has 0 saturated heterocycles. The Labute approximate surface area is 115 Å². The first-order valence-corrected chi connectivity index (χ1v) is 7.63. The fourth-order valence-corrected chi connectivity index (χ4v) is 2.76. The predicted octanol–water partition coefficient (Wildman–Crippen LogP) is 3.21. The number of aromatic nitrogens is 1. The minimum absolute atomic E-state index is 0.726. The van der Waals surface area contributed by atoms with Gasteiger partial charge in [-0.1, -0.05) is 12.8 Å². The van der Waals surface area contributed by atoms with E-state index in [-0.39, 0.29) is 0 Å². The van der Waals surface area contributed by atoms with E-state index < -0.39 is 0 Å². The van der Waals surface area contributed by atoms with Gasteiger partial charge in [-0.05, 0) is 38.5 Å². The van der Waals surface area contributed by atoms with Crippen LogP contribution in [0, 0.1) is 12.8 Å². The Hall–Kier alpha value is -1.09. The second-order valence-corrected chi connectivity index (χ2v) is 6.05. The molecule has 0 aromatic carbocycles. The molecule has 2 fully saturated rings. The summed E-state index contributed by atoms with van der Waals surface area (Å²) in [4.78, 5) is 4.40. The van der Waals surface area contributed by atoms with E-state index >= 15 is 0 Å². The van der Waals surface area contributed by atoms with Crippen molar-refractivity contribution in [3.05, 3.63) is 23.5 Å². The molecule has 0 aliphatic heterocycles. The van der Waals surface area contributed by atoms with Crippen molar-refractivity contribution in [2.75, 3.05) is 6.61 Å². The van der Waals surface area contributed by atoms with Gasteiger partial charge in [0.05, 0.1) is 6.61 Å². The van der Waals surface area contributed by atoms with Gasteiger partial charge in [-0.25, -0.2) is 0 Å². The minimum atomic E-state index is 0.726. The first-order chi connectivity index (χ1) is 9.31. The topological polar surface area (TPSA) is 34.1 Å². The zero-order chi connectivity index (χ0) is 13.1. The number of nitrogens with one attached hydrogen (secondary N) is 1. The van der Waals surface area contributed by atoms with Crippen molar-refractivity contribution < 1.29 is 4.74 Å². The van der Waals surface area contributed by atoms with Crippen molar-refractivity contribution in [1.29, 1.82) is 0 Å². The Kier molecular flexibility index (Phi) is 4.02. The summed E-state index contributed by atoms with van der Waals surface area (Å²) in [6, 6.07) is 2.81. The average Bonchev–Trinajstić information content (AvgIpc) is 3.09. The highest BCUT2D eigenvalue weighted by atomic mass is 16.5. The molecule has 0 bridgehead atoms. The molecule has 0 amide bonds. The molecule has 1 aromatic rings. The molecule has 2 saturated carbocycles. The summed E-state index contributed by atoms with van der Waals surface area (Å²) in [5, 5.41) is 3.54. The quantitative estimate of drug-likeness (QED) is 0.853. The average molecular weight is 260 g/mol. The molecule has 104 valence electrons. The third-order valence-corrected chi connectivity index (χ3v) is 4.19. The monoisotopic (exact) mass is 260 g/mol. The van der Waals surface area contributed by atoms with Gasteiger partial charge < -0.3 is 10.1 Å². The fourth-order valence-electron chi connectivity index (χ4n) is 2.76. The van der Waals surface area contributed by atoms with E-state index in [1.165, 1.54) is 44.1 Å².